The van der Waals surface area contributed by atoms with E-state index in [1.807, 2.05) is 0 Å². The van der Waals surface area contributed by atoms with E-state index in [0.717, 1.165) is 0 Å². The van der Waals surface area contributed by atoms with Crippen LogP contribution in [0.1, 0.15) is 5.69 Å². The Balaban J connectivity index is 0.00000264. The molecular formula is C14H15Cl2F2N3O2. The van der Waals surface area contributed by atoms with Crippen LogP contribution < -0.4 is 11.1 Å². The second kappa shape index (κ2) is 8.24. The number of rotatable bonds is 6. The molecule has 0 aliphatic carbocycles. The van der Waals surface area contributed by atoms with Crippen molar-refractivity contribution in [2.24, 2.45) is 5.73 Å². The lowest BCUT2D eigenvalue weighted by molar-refractivity contribution is -0.122. The number of nitrogens with zero attached hydrogens (tertiary/aromatic N) is 1. The van der Waals surface area contributed by atoms with Crippen molar-refractivity contribution in [3.8, 4) is 11.5 Å². The number of nitrogens with one attached hydrogen (secondary N) is 1. The molecule has 3 N–H and O–H groups in total. The Morgan fingerprint density at radius 2 is 2.00 bits per heavy atom. The smallest absolute Gasteiger partial charge is 0.277 e. The van der Waals surface area contributed by atoms with Crippen molar-refractivity contribution in [1.82, 2.24) is 10.3 Å². The number of oxazole rings is 1. The highest BCUT2D eigenvalue weighted by atomic mass is 35.5. The first kappa shape index (κ1) is 19.3. The van der Waals surface area contributed by atoms with Gasteiger partial charge in [-0.15, -0.1) is 12.4 Å². The summed E-state index contributed by atoms with van der Waals surface area (Å²) in [6.07, 6.45) is 1.16. The molecule has 0 saturated heterocycles. The Morgan fingerprint density at radius 3 is 2.61 bits per heavy atom. The highest BCUT2D eigenvalue weighted by molar-refractivity contribution is 6.30. The lowest BCUT2D eigenvalue weighted by atomic mass is 10.2. The summed E-state index contributed by atoms with van der Waals surface area (Å²) in [4.78, 5) is 15.7. The number of aromatic nitrogens is 1. The number of amides is 1. The normalized spacial score (nSPS) is 11.0. The van der Waals surface area contributed by atoms with Crippen LogP contribution >= 0.6 is 24.0 Å². The predicted molar refractivity (Wildman–Crippen MR) is 84.9 cm³/mol. The van der Waals surface area contributed by atoms with Gasteiger partial charge in [0.25, 0.3) is 5.92 Å². The third-order valence-corrected chi connectivity index (χ3v) is 3.08. The molecule has 1 aromatic carbocycles. The van der Waals surface area contributed by atoms with Crippen molar-refractivity contribution in [2.45, 2.75) is 12.3 Å². The quantitative estimate of drug-likeness (QED) is 0.824. The van der Waals surface area contributed by atoms with Crippen LogP contribution in [-0.2, 0) is 11.2 Å². The fourth-order valence-corrected chi connectivity index (χ4v) is 1.77. The maximum Gasteiger partial charge on any atom is 0.277 e. The fraction of sp³-hybridized carbons (Fsp3) is 0.286. The number of nitrogens with two attached hydrogens (primary N) is 1. The Morgan fingerprint density at radius 1 is 1.35 bits per heavy atom. The minimum absolute atomic E-state index is 0. The number of hydrogen-bond acceptors (Lipinski definition) is 4. The molecular weight excluding hydrogens is 351 g/mol. The number of carbonyl (C=O) groups excluding carboxylic acids is 1. The molecule has 2 aromatic rings. The van der Waals surface area contributed by atoms with Gasteiger partial charge in [0.05, 0.1) is 25.2 Å². The van der Waals surface area contributed by atoms with Crippen LogP contribution in [-0.4, -0.2) is 29.9 Å². The molecule has 126 valence electrons. The Hall–Kier alpha value is -1.70. The SMILES string of the molecule is Cl.NCC(F)(F)CNC(=O)Cc1coc(-c2ccc(Cl)cc2)n1. The second-order valence-corrected chi connectivity index (χ2v) is 5.10. The molecule has 1 heterocycles. The zero-order chi connectivity index (χ0) is 16.2. The van der Waals surface area contributed by atoms with Crippen LogP contribution in [0.4, 0.5) is 8.78 Å². The molecule has 0 spiro atoms. The maximum absolute atomic E-state index is 12.9. The average Bonchev–Trinajstić information content (AvgIpc) is 2.94. The molecule has 0 saturated carbocycles. The summed E-state index contributed by atoms with van der Waals surface area (Å²) in [6, 6.07) is 6.81. The van der Waals surface area contributed by atoms with Crippen molar-refractivity contribution in [2.75, 3.05) is 13.1 Å². The van der Waals surface area contributed by atoms with Gasteiger partial charge >= 0.3 is 0 Å². The van der Waals surface area contributed by atoms with E-state index >= 15 is 0 Å². The van der Waals surface area contributed by atoms with Crippen molar-refractivity contribution >= 4 is 29.9 Å². The van der Waals surface area contributed by atoms with E-state index in [-0.39, 0.29) is 18.8 Å². The molecule has 5 nitrogen and oxygen atoms in total. The number of halogens is 4. The van der Waals surface area contributed by atoms with E-state index in [1.54, 1.807) is 24.3 Å². The van der Waals surface area contributed by atoms with E-state index < -0.39 is 24.9 Å². The molecule has 1 aromatic heterocycles. The van der Waals surface area contributed by atoms with Gasteiger partial charge in [-0.2, -0.15) is 0 Å². The van der Waals surface area contributed by atoms with Crippen LogP contribution in [0, 0.1) is 0 Å². The molecule has 0 radical (unpaired) electrons. The Bertz CT molecular complexity index is 648. The van der Waals surface area contributed by atoms with Gasteiger partial charge in [0, 0.05) is 10.6 Å². The van der Waals surface area contributed by atoms with Crippen molar-refractivity contribution < 1.29 is 18.0 Å². The van der Waals surface area contributed by atoms with E-state index in [2.05, 4.69) is 10.3 Å². The molecule has 2 rings (SSSR count). The number of hydrogen-bond donors (Lipinski definition) is 2. The third kappa shape index (κ3) is 5.78. The first-order valence-corrected chi connectivity index (χ1v) is 6.82. The fourth-order valence-electron chi connectivity index (χ4n) is 1.64. The number of benzene rings is 1. The summed E-state index contributed by atoms with van der Waals surface area (Å²) in [7, 11) is 0. The van der Waals surface area contributed by atoms with Crippen LogP contribution in [0.2, 0.25) is 5.02 Å². The standard InChI is InChI=1S/C14H14ClF2N3O2.ClH/c15-10-3-1-9(2-4-10)13-20-11(6-22-13)5-12(21)19-8-14(16,17)7-18;/h1-4,6H,5,7-8,18H2,(H,19,21);1H. The van der Waals surface area contributed by atoms with Gasteiger partial charge in [-0.3, -0.25) is 4.79 Å². The van der Waals surface area contributed by atoms with Crippen molar-refractivity contribution in [1.29, 1.82) is 0 Å². The van der Waals surface area contributed by atoms with E-state index in [4.69, 9.17) is 21.8 Å². The zero-order valence-corrected chi connectivity index (χ0v) is 13.5. The Kier molecular flexibility index (Phi) is 6.93. The molecule has 0 aliphatic rings. The molecule has 0 fully saturated rings. The van der Waals surface area contributed by atoms with Gasteiger partial charge in [0.15, 0.2) is 0 Å². The van der Waals surface area contributed by atoms with Gasteiger partial charge < -0.3 is 15.5 Å². The number of alkyl halides is 2. The average molecular weight is 366 g/mol. The molecule has 0 aliphatic heterocycles. The molecule has 9 heteroatoms. The van der Waals surface area contributed by atoms with Crippen LogP contribution in [0.25, 0.3) is 11.5 Å². The molecule has 0 bridgehead atoms. The summed E-state index contributed by atoms with van der Waals surface area (Å²) >= 11 is 5.78. The summed E-state index contributed by atoms with van der Waals surface area (Å²) in [6.45, 7) is -1.62. The van der Waals surface area contributed by atoms with Gasteiger partial charge in [-0.25, -0.2) is 13.8 Å². The van der Waals surface area contributed by atoms with Crippen molar-refractivity contribution in [3.63, 3.8) is 0 Å². The largest absolute Gasteiger partial charge is 0.444 e. The molecule has 1 amide bonds. The van der Waals surface area contributed by atoms with E-state index in [9.17, 15) is 13.6 Å². The number of carbonyl (C=O) groups is 1. The predicted octanol–water partition coefficient (Wildman–Crippen LogP) is 2.67. The van der Waals surface area contributed by atoms with Crippen LogP contribution in [0.15, 0.2) is 34.9 Å². The van der Waals surface area contributed by atoms with Crippen LogP contribution in [0.5, 0.6) is 0 Å². The van der Waals surface area contributed by atoms with E-state index in [1.165, 1.54) is 6.26 Å². The maximum atomic E-state index is 12.9. The topological polar surface area (TPSA) is 81.1 Å². The van der Waals surface area contributed by atoms with Gasteiger partial charge in [0.1, 0.15) is 6.26 Å². The summed E-state index contributed by atoms with van der Waals surface area (Å²) in [5, 5.41) is 2.69. The summed E-state index contributed by atoms with van der Waals surface area (Å²) in [5.74, 6) is -3.37. The first-order chi connectivity index (χ1) is 10.4. The minimum atomic E-state index is -3.12. The van der Waals surface area contributed by atoms with Crippen molar-refractivity contribution in [3.05, 3.63) is 41.2 Å². The monoisotopic (exact) mass is 365 g/mol. The molecule has 0 atom stereocenters. The van der Waals surface area contributed by atoms with Gasteiger partial charge in [-0.1, -0.05) is 11.6 Å². The molecule has 0 unspecified atom stereocenters. The summed E-state index contributed by atoms with van der Waals surface area (Å²) < 4.78 is 31.1. The Labute approximate surface area is 142 Å². The highest BCUT2D eigenvalue weighted by Gasteiger charge is 2.27. The zero-order valence-electron chi connectivity index (χ0n) is 11.9. The lowest BCUT2D eigenvalue weighted by Crippen LogP contribution is -2.42. The third-order valence-electron chi connectivity index (χ3n) is 2.83. The minimum Gasteiger partial charge on any atom is -0.444 e. The second-order valence-electron chi connectivity index (χ2n) is 4.66. The highest BCUT2D eigenvalue weighted by Crippen LogP contribution is 2.21. The summed E-state index contributed by atoms with van der Waals surface area (Å²) in [5.41, 5.74) is 5.93. The lowest BCUT2D eigenvalue weighted by Gasteiger charge is -2.13. The molecule has 23 heavy (non-hydrogen) atoms. The van der Waals surface area contributed by atoms with E-state index in [0.29, 0.717) is 22.2 Å². The van der Waals surface area contributed by atoms with Gasteiger partial charge in [-0.05, 0) is 24.3 Å². The first-order valence-electron chi connectivity index (χ1n) is 6.44. The van der Waals surface area contributed by atoms with Gasteiger partial charge in [0.2, 0.25) is 11.8 Å². The van der Waals surface area contributed by atoms with Crippen LogP contribution in [0.3, 0.4) is 0 Å².